The molecule has 0 bridgehead atoms. The van der Waals surface area contributed by atoms with Gasteiger partial charge >= 0.3 is 88.4 Å². The van der Waals surface area contributed by atoms with Crippen molar-refractivity contribution in [3.05, 3.63) is 96.1 Å². The van der Waals surface area contributed by atoms with Gasteiger partial charge < -0.3 is 0 Å². The Balaban J connectivity index is 0.000000197. The molecule has 1 saturated heterocycles. The maximum absolute atomic E-state index is 11.2. The van der Waals surface area contributed by atoms with Gasteiger partial charge in [0.25, 0.3) is 0 Å². The van der Waals surface area contributed by atoms with E-state index in [0.29, 0.717) is 5.69 Å². The molecule has 0 radical (unpaired) electrons. The van der Waals surface area contributed by atoms with Gasteiger partial charge in [0.2, 0.25) is 0 Å². The summed E-state index contributed by atoms with van der Waals surface area (Å²) in [7, 11) is 0. The van der Waals surface area contributed by atoms with Crippen molar-refractivity contribution < 1.29 is 21.8 Å². The SMILES string of the molecule is CC(=O)Nc1ccc([As](=O)(O)OO)cc1.c1ccc(CN2CCC(c3ccccc3)CC2)cc1. The number of carbonyl (C=O) groups is 1. The monoisotopic (exact) mass is 526 g/mol. The Morgan fingerprint density at radius 1 is 0.971 bits per heavy atom. The number of amides is 1. The normalized spacial score (nSPS) is 16.1. The Hall–Kier alpha value is -2.67. The standard InChI is InChI=1S/C18H21N.C8H10AsNO5/c1-3-7-16(8-4-1)15-19-13-11-18(12-14-19)17-9-5-2-6-10-17;1-6(11)10-8-4-2-7(3-5-8)9(12,13)15-14/h1-10,18H,11-15H2;2-5,14H,1H3,(H,10,11)(H,12,13). The van der Waals surface area contributed by atoms with E-state index in [1.54, 1.807) is 0 Å². The van der Waals surface area contributed by atoms with Crippen molar-refractivity contribution in [2.45, 2.75) is 32.2 Å². The van der Waals surface area contributed by atoms with Crippen molar-refractivity contribution in [2.75, 3.05) is 18.4 Å². The molecule has 7 nitrogen and oxygen atoms in total. The number of rotatable bonds is 6. The van der Waals surface area contributed by atoms with Crippen LogP contribution >= 0.6 is 0 Å². The predicted molar refractivity (Wildman–Crippen MR) is 133 cm³/mol. The van der Waals surface area contributed by atoms with Gasteiger partial charge in [0.1, 0.15) is 0 Å². The van der Waals surface area contributed by atoms with Crippen LogP contribution in [0, 0.1) is 0 Å². The summed E-state index contributed by atoms with van der Waals surface area (Å²) >= 11 is -4.76. The van der Waals surface area contributed by atoms with Gasteiger partial charge in [-0.2, -0.15) is 0 Å². The number of anilines is 1. The van der Waals surface area contributed by atoms with Gasteiger partial charge in [-0.1, -0.05) is 60.7 Å². The van der Waals surface area contributed by atoms with Gasteiger partial charge in [0.05, 0.1) is 0 Å². The van der Waals surface area contributed by atoms with Crippen LogP contribution in [-0.4, -0.2) is 47.4 Å². The first kappa shape index (κ1) is 25.9. The second-order valence-corrected chi connectivity index (χ2v) is 11.9. The first-order valence-electron chi connectivity index (χ1n) is 11.2. The van der Waals surface area contributed by atoms with Crippen LogP contribution < -0.4 is 9.67 Å². The molecule has 0 aromatic heterocycles. The fraction of sp³-hybridized carbons (Fsp3) is 0.269. The summed E-state index contributed by atoms with van der Waals surface area (Å²) in [6.07, 6.45) is 2.58. The number of carbonyl (C=O) groups excluding carboxylic acids is 1. The minimum absolute atomic E-state index is 0.00438. The molecule has 1 amide bonds. The van der Waals surface area contributed by atoms with Gasteiger partial charge in [-0.05, 0) is 43.0 Å². The Labute approximate surface area is 203 Å². The van der Waals surface area contributed by atoms with Crippen LogP contribution in [0.4, 0.5) is 5.69 Å². The van der Waals surface area contributed by atoms with Gasteiger partial charge in [0.15, 0.2) is 0 Å². The van der Waals surface area contributed by atoms with E-state index in [1.807, 2.05) is 0 Å². The van der Waals surface area contributed by atoms with Crippen LogP contribution in [0.25, 0.3) is 0 Å². The van der Waals surface area contributed by atoms with E-state index in [9.17, 15) is 8.53 Å². The van der Waals surface area contributed by atoms with Gasteiger partial charge in [-0.25, -0.2) is 0 Å². The van der Waals surface area contributed by atoms with E-state index >= 15 is 0 Å². The van der Waals surface area contributed by atoms with Crippen molar-refractivity contribution >= 4 is 30.1 Å². The number of nitrogens with zero attached hydrogens (tertiary/aromatic N) is 1. The smallest absolute Gasteiger partial charge is 0.0233 e. The summed E-state index contributed by atoms with van der Waals surface area (Å²) in [6, 6.07) is 27.3. The van der Waals surface area contributed by atoms with Crippen molar-refractivity contribution in [3.8, 4) is 0 Å². The molecule has 1 fully saturated rings. The summed E-state index contributed by atoms with van der Waals surface area (Å²) < 4.78 is 23.8. The largest absolute Gasteiger partial charge is 0.299 e. The molecule has 0 spiro atoms. The molecule has 1 atom stereocenters. The molecule has 8 heteroatoms. The van der Waals surface area contributed by atoms with Crippen LogP contribution in [0.3, 0.4) is 0 Å². The minimum atomic E-state index is -4.76. The number of likely N-dealkylation sites (tertiary alicyclic amines) is 1. The van der Waals surface area contributed by atoms with Crippen molar-refractivity contribution in [3.63, 3.8) is 0 Å². The predicted octanol–water partition coefficient (Wildman–Crippen LogP) is 3.77. The Morgan fingerprint density at radius 2 is 1.53 bits per heavy atom. The van der Waals surface area contributed by atoms with Crippen LogP contribution in [-0.2, 0) is 19.0 Å². The second kappa shape index (κ2) is 12.7. The molecule has 3 N–H and O–H groups in total. The third-order valence-electron chi connectivity index (χ3n) is 5.73. The summed E-state index contributed by atoms with van der Waals surface area (Å²) in [5.41, 5.74) is 3.45. The van der Waals surface area contributed by atoms with E-state index in [-0.39, 0.29) is 10.3 Å². The zero-order chi connectivity index (χ0) is 24.4. The number of hydrogen-bond acceptors (Lipinski definition) is 5. The molecule has 3 aromatic rings. The third-order valence-corrected chi connectivity index (χ3v) is 8.19. The molecule has 1 heterocycles. The summed E-state index contributed by atoms with van der Waals surface area (Å²) in [6.45, 7) is 4.89. The summed E-state index contributed by atoms with van der Waals surface area (Å²) in [4.78, 5) is 13.3. The van der Waals surface area contributed by atoms with Crippen molar-refractivity contribution in [2.24, 2.45) is 0 Å². The topological polar surface area (TPSA) is 99.1 Å². The Morgan fingerprint density at radius 3 is 2.06 bits per heavy atom. The summed E-state index contributed by atoms with van der Waals surface area (Å²) in [5, 5.41) is 10.7. The molecule has 0 aliphatic carbocycles. The number of benzene rings is 3. The Kier molecular flexibility index (Phi) is 9.69. The van der Waals surface area contributed by atoms with Gasteiger partial charge in [-0.3, -0.25) is 4.90 Å². The molecule has 180 valence electrons. The van der Waals surface area contributed by atoms with E-state index in [1.165, 1.54) is 68.2 Å². The van der Waals surface area contributed by atoms with Gasteiger partial charge in [-0.15, -0.1) is 0 Å². The minimum Gasteiger partial charge on any atom is -0.299 e. The van der Waals surface area contributed by atoms with Gasteiger partial charge in [0, 0.05) is 6.54 Å². The zero-order valence-electron chi connectivity index (χ0n) is 19.2. The van der Waals surface area contributed by atoms with Crippen LogP contribution in [0.2, 0.25) is 0 Å². The molecule has 1 aliphatic rings. The molecule has 0 saturated carbocycles. The maximum atomic E-state index is 11.2. The van der Waals surface area contributed by atoms with E-state index in [2.05, 4.69) is 74.8 Å². The maximum Gasteiger partial charge on any atom is 0.0233 e. The Bertz CT molecular complexity index is 1070. The molecule has 34 heavy (non-hydrogen) atoms. The average Bonchev–Trinajstić information content (AvgIpc) is 2.86. The molecular formula is C26H31AsN2O5. The van der Waals surface area contributed by atoms with E-state index in [4.69, 9.17) is 9.35 Å². The van der Waals surface area contributed by atoms with E-state index < -0.39 is 14.2 Å². The molecule has 3 aromatic carbocycles. The zero-order valence-corrected chi connectivity index (χ0v) is 21.1. The quantitative estimate of drug-likeness (QED) is 0.257. The average molecular weight is 526 g/mol. The fourth-order valence-electron chi connectivity index (χ4n) is 3.97. The first-order chi connectivity index (χ1) is 16.4. The van der Waals surface area contributed by atoms with Crippen LogP contribution in [0.15, 0.2) is 84.9 Å². The summed E-state index contributed by atoms with van der Waals surface area (Å²) in [5.74, 6) is 0.520. The van der Waals surface area contributed by atoms with Crippen molar-refractivity contribution in [1.29, 1.82) is 0 Å². The van der Waals surface area contributed by atoms with E-state index in [0.717, 1.165) is 12.5 Å². The molecule has 1 aliphatic heterocycles. The molecule has 4 rings (SSSR count). The molecule has 1 unspecified atom stereocenters. The number of hydrogen-bond donors (Lipinski definition) is 3. The van der Waals surface area contributed by atoms with Crippen LogP contribution in [0.1, 0.15) is 36.8 Å². The second-order valence-electron chi connectivity index (χ2n) is 8.28. The molecular weight excluding hydrogens is 495 g/mol. The number of piperidine rings is 1. The third kappa shape index (κ3) is 7.97. The number of nitrogens with one attached hydrogen (secondary N) is 1. The fourth-order valence-corrected chi connectivity index (χ4v) is 5.28. The van der Waals surface area contributed by atoms with Crippen LogP contribution in [0.5, 0.6) is 0 Å². The van der Waals surface area contributed by atoms with Crippen molar-refractivity contribution in [1.82, 2.24) is 4.90 Å². The first-order valence-corrected chi connectivity index (χ1v) is 14.5.